The molecule has 0 atom stereocenters. The van der Waals surface area contributed by atoms with Gasteiger partial charge in [-0.1, -0.05) is 36.9 Å². The van der Waals surface area contributed by atoms with Crippen molar-refractivity contribution < 1.29 is 61.7 Å². The van der Waals surface area contributed by atoms with Gasteiger partial charge in [0, 0.05) is 111 Å². The van der Waals surface area contributed by atoms with Gasteiger partial charge in [0.15, 0.2) is 40.4 Å². The second kappa shape index (κ2) is 19.5. The monoisotopic (exact) mass is 1000 g/mol. The van der Waals surface area contributed by atoms with Crippen molar-refractivity contribution in [2.45, 2.75) is 177 Å². The highest BCUT2D eigenvalue weighted by molar-refractivity contribution is 5.83. The molecule has 1 aromatic rings. The maximum Gasteiger partial charge on any atom is 0.252 e. The minimum Gasteiger partial charge on any atom is -0.448 e. The summed E-state index contributed by atoms with van der Waals surface area (Å²) in [6, 6.07) is 0. The number of Topliss-reactive ketones (excluding diaryl/α,β-unsaturated/α-hetero) is 1. The second-order valence-electron chi connectivity index (χ2n) is 22.7. The number of benzene rings is 1. The lowest BCUT2D eigenvalue weighted by atomic mass is 9.79. The number of fused-ring (bicyclic) bond motifs is 2. The predicted octanol–water partition coefficient (Wildman–Crippen LogP) is 7.98. The van der Waals surface area contributed by atoms with Crippen LogP contribution in [-0.4, -0.2) is 130 Å². The number of carbonyl (C=O) groups is 2. The Morgan fingerprint density at radius 2 is 0.972 bits per heavy atom. The highest BCUT2D eigenvalue weighted by Gasteiger charge is 2.60. The molecule has 8 fully saturated rings. The Balaban J connectivity index is 0.699. The first-order chi connectivity index (χ1) is 34.9. The third-order valence-corrected chi connectivity index (χ3v) is 17.7. The van der Waals surface area contributed by atoms with Crippen LogP contribution in [0.3, 0.4) is 0 Å². The molecule has 21 nitrogen and oxygen atoms in total. The quantitative estimate of drug-likeness (QED) is 0.125. The maximum absolute atomic E-state index is 12.5. The smallest absolute Gasteiger partial charge is 0.252 e. The van der Waals surface area contributed by atoms with Gasteiger partial charge in [0.1, 0.15) is 18.1 Å². The molecule has 3 saturated carbocycles. The number of azide groups is 2. The molecule has 5 saturated heterocycles. The van der Waals surface area contributed by atoms with E-state index in [0.29, 0.717) is 143 Å². The second-order valence-corrected chi connectivity index (χ2v) is 22.7. The number of carbonyl (C=O) groups excluding carboxylic acids is 2. The van der Waals surface area contributed by atoms with E-state index < -0.39 is 40.1 Å². The number of nitrogens with zero attached hydrogens (tertiary/aromatic N) is 7. The van der Waals surface area contributed by atoms with Gasteiger partial charge in [-0.3, -0.25) is 14.9 Å². The molecular formula is C51H72N8O13. The van der Waals surface area contributed by atoms with E-state index in [2.05, 4.69) is 39.2 Å². The van der Waals surface area contributed by atoms with Crippen LogP contribution in [0.5, 0.6) is 23.0 Å². The van der Waals surface area contributed by atoms with Gasteiger partial charge in [0.25, 0.3) is 11.6 Å². The van der Waals surface area contributed by atoms with Crippen LogP contribution in [-0.2, 0) is 55.6 Å². The number of hydrogen-bond donors (Lipinski definition) is 1. The standard InChI is InChI=1S/C51H72N8O13/c1-3-5-7-36-40-41(70-50(69-40)15-13-46(14-16-50)54-27-44(28-62-46)29-63-47(64-30-44)11-9-35(10-12-47)38(60)25-55-57-52)37(8-6-4-2)43-42(36)71-51(72-43)19-17-48(18-20-51)65-31-45(32-66-48)33-67-49(68-34-45)21-23-59(24-22-49)39(61)26-56-58-53/h35,54H,3-34H2,1-2H3. The number of nitrogens with one attached hydrogen (secondary N) is 1. The Morgan fingerprint density at radius 1 is 0.556 bits per heavy atom. The van der Waals surface area contributed by atoms with Gasteiger partial charge in [-0.05, 0) is 62.4 Å². The first-order valence-electron chi connectivity index (χ1n) is 26.9. The lowest BCUT2D eigenvalue weighted by Gasteiger charge is -2.54. The minimum absolute atomic E-state index is 0.0134. The summed E-state index contributed by atoms with van der Waals surface area (Å²) >= 11 is 0. The molecule has 1 amide bonds. The molecule has 394 valence electrons. The van der Waals surface area contributed by atoms with E-state index in [1.54, 1.807) is 4.90 Å². The third-order valence-electron chi connectivity index (χ3n) is 17.7. The predicted molar refractivity (Wildman–Crippen MR) is 255 cm³/mol. The summed E-state index contributed by atoms with van der Waals surface area (Å²) in [6.07, 6.45) is 14.4. The van der Waals surface area contributed by atoms with E-state index in [-0.39, 0.29) is 36.1 Å². The van der Waals surface area contributed by atoms with Gasteiger partial charge in [-0.15, -0.1) is 0 Å². The Morgan fingerprint density at radius 3 is 1.43 bits per heavy atom. The van der Waals surface area contributed by atoms with Crippen molar-refractivity contribution >= 4 is 11.7 Å². The number of ether oxygens (including phenoxy) is 11. The number of hydrogen-bond acceptors (Lipinski definition) is 16. The van der Waals surface area contributed by atoms with Crippen LogP contribution in [0.15, 0.2) is 10.2 Å². The summed E-state index contributed by atoms with van der Waals surface area (Å²) in [5, 5.41) is 10.7. The molecule has 21 heteroatoms. The molecule has 72 heavy (non-hydrogen) atoms. The van der Waals surface area contributed by atoms with E-state index in [4.69, 9.17) is 63.2 Å². The number of likely N-dealkylation sites (tertiary alicyclic amines) is 1. The summed E-state index contributed by atoms with van der Waals surface area (Å²) < 4.78 is 74.4. The molecule has 0 radical (unpaired) electrons. The van der Waals surface area contributed by atoms with Gasteiger partial charge in [0.2, 0.25) is 5.91 Å². The number of amides is 1. The summed E-state index contributed by atoms with van der Waals surface area (Å²) in [4.78, 5) is 32.0. The van der Waals surface area contributed by atoms with E-state index in [9.17, 15) is 9.59 Å². The number of piperidine rings is 1. The Labute approximate surface area is 420 Å². The van der Waals surface area contributed by atoms with Gasteiger partial charge in [0.05, 0.1) is 63.6 Å². The van der Waals surface area contributed by atoms with Crippen molar-refractivity contribution in [2.75, 3.05) is 79.0 Å². The summed E-state index contributed by atoms with van der Waals surface area (Å²) in [5.74, 6) is -0.968. The largest absolute Gasteiger partial charge is 0.448 e. The molecule has 0 bridgehead atoms. The van der Waals surface area contributed by atoms with Gasteiger partial charge < -0.3 is 57.0 Å². The molecule has 1 N–H and O–H groups in total. The first kappa shape index (κ1) is 50.0. The summed E-state index contributed by atoms with van der Waals surface area (Å²) in [7, 11) is 0. The fraction of sp³-hybridized carbons (Fsp3) is 0.843. The molecule has 0 unspecified atom stereocenters. The first-order valence-corrected chi connectivity index (χ1v) is 26.9. The SMILES string of the molecule is CCCCc1c2c(c(CCCC)c3c1OC1(CCC4(CC1)OCC1(COC5(CCN(C(=O)CN=[N+]=[N-])CC5)OC1)CO4)O3)OC1(CCC3(CC1)NCC1(CO3)COC3(CCC(C(=O)CN=[N+]=[N-])CC3)OC1)O2. The fourth-order valence-electron chi connectivity index (χ4n) is 12.7. The highest BCUT2D eigenvalue weighted by Crippen LogP contribution is 2.62. The normalized spacial score (nSPS) is 30.8. The van der Waals surface area contributed by atoms with Crippen molar-refractivity contribution in [1.82, 2.24) is 10.2 Å². The molecule has 8 spiro atoms. The van der Waals surface area contributed by atoms with Crippen LogP contribution in [0.2, 0.25) is 0 Å². The Hall–Kier alpha value is -4.14. The summed E-state index contributed by atoms with van der Waals surface area (Å²) in [5.41, 5.74) is 18.1. The molecule has 7 heterocycles. The summed E-state index contributed by atoms with van der Waals surface area (Å²) in [6.45, 7) is 9.12. The average Bonchev–Trinajstić information content (AvgIpc) is 3.98. The zero-order valence-electron chi connectivity index (χ0n) is 42.1. The Kier molecular flexibility index (Phi) is 13.6. The Bertz CT molecular complexity index is 2080. The van der Waals surface area contributed by atoms with Gasteiger partial charge in [-0.25, -0.2) is 0 Å². The van der Waals surface area contributed by atoms with E-state index in [1.165, 1.54) is 0 Å². The number of ketones is 1. The third kappa shape index (κ3) is 9.38. The van der Waals surface area contributed by atoms with Crippen molar-refractivity contribution in [3.63, 3.8) is 0 Å². The average molecular weight is 1010 g/mol. The van der Waals surface area contributed by atoms with Crippen LogP contribution in [0, 0.1) is 16.7 Å². The van der Waals surface area contributed by atoms with Crippen molar-refractivity contribution in [2.24, 2.45) is 27.0 Å². The number of unbranched alkanes of at least 4 members (excludes halogenated alkanes) is 2. The van der Waals surface area contributed by atoms with Crippen LogP contribution in [0.4, 0.5) is 0 Å². The van der Waals surface area contributed by atoms with Crippen molar-refractivity contribution in [3.8, 4) is 23.0 Å². The lowest BCUT2D eigenvalue weighted by molar-refractivity contribution is -0.381. The zero-order valence-corrected chi connectivity index (χ0v) is 42.1. The van der Waals surface area contributed by atoms with E-state index >= 15 is 0 Å². The van der Waals surface area contributed by atoms with Gasteiger partial charge >= 0.3 is 0 Å². The van der Waals surface area contributed by atoms with Gasteiger partial charge in [-0.2, -0.15) is 0 Å². The highest BCUT2D eigenvalue weighted by atomic mass is 16.8. The molecule has 1 aromatic carbocycles. The molecule has 7 aliphatic heterocycles. The molecule has 0 aromatic heterocycles. The molecule has 10 aliphatic rings. The van der Waals surface area contributed by atoms with Crippen molar-refractivity contribution in [1.29, 1.82) is 0 Å². The van der Waals surface area contributed by atoms with E-state index in [1.807, 2.05) is 0 Å². The minimum atomic E-state index is -0.854. The zero-order chi connectivity index (χ0) is 49.7. The van der Waals surface area contributed by atoms with Crippen LogP contribution < -0.4 is 24.3 Å². The maximum atomic E-state index is 12.5. The van der Waals surface area contributed by atoms with Crippen LogP contribution in [0.25, 0.3) is 20.9 Å². The van der Waals surface area contributed by atoms with Crippen molar-refractivity contribution in [3.05, 3.63) is 32.0 Å². The molecule has 11 rings (SSSR count). The number of rotatable bonds is 11. The topological polar surface area (TPSA) is 248 Å². The van der Waals surface area contributed by atoms with Crippen LogP contribution in [0.1, 0.15) is 141 Å². The molecule has 3 aliphatic carbocycles. The van der Waals surface area contributed by atoms with Crippen LogP contribution >= 0.6 is 0 Å². The van der Waals surface area contributed by atoms with E-state index in [0.717, 1.165) is 85.5 Å². The lowest BCUT2D eigenvalue weighted by Crippen LogP contribution is -2.66. The fourth-order valence-corrected chi connectivity index (χ4v) is 12.7. The molecular weight excluding hydrogens is 933 g/mol.